The molecule has 0 saturated carbocycles. The van der Waals surface area contributed by atoms with Crippen molar-refractivity contribution in [1.29, 1.82) is 0 Å². The monoisotopic (exact) mass is 438 g/mol. The van der Waals surface area contributed by atoms with Crippen LogP contribution in [0.15, 0.2) is 83.8 Å². The van der Waals surface area contributed by atoms with Gasteiger partial charge in [-0.1, -0.05) is 60.7 Å². The van der Waals surface area contributed by atoms with Gasteiger partial charge in [0, 0.05) is 16.8 Å². The van der Waals surface area contributed by atoms with Crippen molar-refractivity contribution in [2.75, 3.05) is 5.32 Å². The summed E-state index contributed by atoms with van der Waals surface area (Å²) in [4.78, 5) is 11.9. The Kier molecular flexibility index (Phi) is 6.48. The Balaban J connectivity index is 1.90. The zero-order chi connectivity index (χ0) is 22.6. The van der Waals surface area contributed by atoms with Crippen molar-refractivity contribution in [2.45, 2.75) is 37.2 Å². The van der Waals surface area contributed by atoms with Gasteiger partial charge >= 0.3 is 5.97 Å². The summed E-state index contributed by atoms with van der Waals surface area (Å²) >= 11 is 0. The van der Waals surface area contributed by atoms with E-state index in [4.69, 9.17) is 0 Å². The van der Waals surface area contributed by atoms with E-state index in [1.165, 1.54) is 0 Å². The standard InChI is InChI=1S/C24H26N2O4S/c1-24(2,3)26-31(29,30)21-12-8-7-11-20(21)17-13-15-19(16-14-17)25-22(23(27)28)18-9-5-4-6-10-18/h4-16,22,25-26H,1-3H3,(H,27,28). The molecule has 0 spiro atoms. The lowest BCUT2D eigenvalue weighted by molar-refractivity contribution is -0.138. The van der Waals surface area contributed by atoms with Crippen LogP contribution in [-0.2, 0) is 14.8 Å². The second-order valence-corrected chi connectivity index (χ2v) is 9.91. The SMILES string of the molecule is CC(C)(C)NS(=O)(=O)c1ccccc1-c1ccc(NC(C(=O)O)c2ccccc2)cc1. The lowest BCUT2D eigenvalue weighted by Gasteiger charge is -2.21. The van der Waals surface area contributed by atoms with Crippen LogP contribution in [0.5, 0.6) is 0 Å². The van der Waals surface area contributed by atoms with Gasteiger partial charge in [0.25, 0.3) is 0 Å². The minimum Gasteiger partial charge on any atom is -0.479 e. The average Bonchev–Trinajstić information content (AvgIpc) is 2.71. The molecule has 0 bridgehead atoms. The van der Waals surface area contributed by atoms with E-state index in [2.05, 4.69) is 10.0 Å². The highest BCUT2D eigenvalue weighted by molar-refractivity contribution is 7.89. The number of nitrogens with one attached hydrogen (secondary N) is 2. The first-order chi connectivity index (χ1) is 14.6. The quantitative estimate of drug-likeness (QED) is 0.498. The molecule has 0 saturated heterocycles. The minimum atomic E-state index is -3.72. The van der Waals surface area contributed by atoms with Crippen molar-refractivity contribution in [3.8, 4) is 11.1 Å². The molecule has 0 fully saturated rings. The third kappa shape index (κ3) is 5.71. The maximum atomic E-state index is 12.9. The summed E-state index contributed by atoms with van der Waals surface area (Å²) in [7, 11) is -3.72. The smallest absolute Gasteiger partial charge is 0.330 e. The van der Waals surface area contributed by atoms with Crippen molar-refractivity contribution < 1.29 is 18.3 Å². The third-order valence-electron chi connectivity index (χ3n) is 4.50. The van der Waals surface area contributed by atoms with Gasteiger partial charge in [-0.2, -0.15) is 0 Å². The Hall–Kier alpha value is -3.16. The number of hydrogen-bond acceptors (Lipinski definition) is 4. The highest BCUT2D eigenvalue weighted by Crippen LogP contribution is 2.30. The summed E-state index contributed by atoms with van der Waals surface area (Å²) in [6, 6.07) is 21.9. The van der Waals surface area contributed by atoms with Crippen LogP contribution in [0.1, 0.15) is 32.4 Å². The van der Waals surface area contributed by atoms with Crippen molar-refractivity contribution in [2.24, 2.45) is 0 Å². The molecule has 0 aromatic heterocycles. The second-order valence-electron chi connectivity index (χ2n) is 8.26. The van der Waals surface area contributed by atoms with Crippen LogP contribution in [-0.4, -0.2) is 25.0 Å². The Labute approximate surface area is 183 Å². The molecule has 3 aromatic carbocycles. The maximum absolute atomic E-state index is 12.9. The van der Waals surface area contributed by atoms with Gasteiger partial charge in [0.1, 0.15) is 0 Å². The van der Waals surface area contributed by atoms with E-state index in [-0.39, 0.29) is 4.90 Å². The third-order valence-corrected chi connectivity index (χ3v) is 6.32. The predicted molar refractivity (Wildman–Crippen MR) is 122 cm³/mol. The Morgan fingerprint density at radius 1 is 0.871 bits per heavy atom. The number of aliphatic carboxylic acids is 1. The number of rotatable bonds is 7. The van der Waals surface area contributed by atoms with E-state index in [0.29, 0.717) is 22.4 Å². The van der Waals surface area contributed by atoms with Crippen LogP contribution in [0.3, 0.4) is 0 Å². The number of benzene rings is 3. The van der Waals surface area contributed by atoms with Crippen LogP contribution < -0.4 is 10.0 Å². The summed E-state index contributed by atoms with van der Waals surface area (Å²) in [6.45, 7) is 5.37. The molecule has 7 heteroatoms. The topological polar surface area (TPSA) is 95.5 Å². The van der Waals surface area contributed by atoms with Crippen LogP contribution in [0.4, 0.5) is 5.69 Å². The zero-order valence-electron chi connectivity index (χ0n) is 17.7. The van der Waals surface area contributed by atoms with Crippen LogP contribution >= 0.6 is 0 Å². The lowest BCUT2D eigenvalue weighted by Crippen LogP contribution is -2.40. The number of hydrogen-bond donors (Lipinski definition) is 3. The lowest BCUT2D eigenvalue weighted by atomic mass is 10.0. The zero-order valence-corrected chi connectivity index (χ0v) is 18.5. The number of carboxylic acid groups (broad SMARTS) is 1. The fourth-order valence-corrected chi connectivity index (χ4v) is 4.89. The molecular formula is C24H26N2O4S. The van der Waals surface area contributed by atoms with E-state index < -0.39 is 27.6 Å². The Morgan fingerprint density at radius 2 is 1.45 bits per heavy atom. The van der Waals surface area contributed by atoms with Crippen LogP contribution in [0.2, 0.25) is 0 Å². The molecule has 0 aliphatic carbocycles. The van der Waals surface area contributed by atoms with Gasteiger partial charge in [-0.15, -0.1) is 0 Å². The van der Waals surface area contributed by atoms with E-state index in [0.717, 1.165) is 0 Å². The molecule has 6 nitrogen and oxygen atoms in total. The van der Waals surface area contributed by atoms with E-state index in [1.54, 1.807) is 93.6 Å². The molecular weight excluding hydrogens is 412 g/mol. The fourth-order valence-electron chi connectivity index (χ4n) is 3.24. The number of anilines is 1. The fraction of sp³-hybridized carbons (Fsp3) is 0.208. The minimum absolute atomic E-state index is 0.193. The van der Waals surface area contributed by atoms with Gasteiger partial charge in [-0.3, -0.25) is 0 Å². The molecule has 0 amide bonds. The first kappa shape index (κ1) is 22.5. The van der Waals surface area contributed by atoms with E-state index in [1.807, 2.05) is 6.07 Å². The molecule has 1 unspecified atom stereocenters. The summed E-state index contributed by atoms with van der Waals surface area (Å²) in [5.74, 6) is -0.986. The average molecular weight is 439 g/mol. The van der Waals surface area contributed by atoms with Crippen LogP contribution in [0.25, 0.3) is 11.1 Å². The number of carboxylic acids is 1. The molecule has 3 N–H and O–H groups in total. The number of sulfonamides is 1. The normalized spacial score (nSPS) is 12.9. The first-order valence-corrected chi connectivity index (χ1v) is 11.3. The summed E-state index contributed by atoms with van der Waals surface area (Å²) in [5.41, 5.74) is 1.94. The molecule has 31 heavy (non-hydrogen) atoms. The molecule has 0 heterocycles. The van der Waals surface area contributed by atoms with Crippen molar-refractivity contribution in [3.63, 3.8) is 0 Å². The van der Waals surface area contributed by atoms with Crippen molar-refractivity contribution >= 4 is 21.7 Å². The molecule has 1 atom stereocenters. The maximum Gasteiger partial charge on any atom is 0.330 e. The van der Waals surface area contributed by atoms with Crippen LogP contribution in [0, 0.1) is 0 Å². The molecule has 3 aromatic rings. The molecule has 3 rings (SSSR count). The second kappa shape index (κ2) is 8.91. The number of carbonyl (C=O) groups is 1. The van der Waals surface area contributed by atoms with Crippen molar-refractivity contribution in [3.05, 3.63) is 84.4 Å². The van der Waals surface area contributed by atoms with Gasteiger partial charge in [-0.05, 0) is 50.1 Å². The van der Waals surface area contributed by atoms with Gasteiger partial charge in [-0.25, -0.2) is 17.9 Å². The van der Waals surface area contributed by atoms with E-state index in [9.17, 15) is 18.3 Å². The van der Waals surface area contributed by atoms with E-state index >= 15 is 0 Å². The predicted octanol–water partition coefficient (Wildman–Crippen LogP) is 4.67. The Morgan fingerprint density at radius 3 is 2.03 bits per heavy atom. The Bertz CT molecular complexity index is 1150. The first-order valence-electron chi connectivity index (χ1n) is 9.84. The molecule has 0 aliphatic heterocycles. The van der Waals surface area contributed by atoms with Gasteiger partial charge in [0.15, 0.2) is 6.04 Å². The highest BCUT2D eigenvalue weighted by Gasteiger charge is 2.25. The molecule has 162 valence electrons. The summed E-state index contributed by atoms with van der Waals surface area (Å²) in [5, 5.41) is 12.6. The summed E-state index contributed by atoms with van der Waals surface area (Å²) in [6.07, 6.45) is 0. The highest BCUT2D eigenvalue weighted by atomic mass is 32.2. The largest absolute Gasteiger partial charge is 0.479 e. The molecule has 0 aliphatic rings. The summed E-state index contributed by atoms with van der Waals surface area (Å²) < 4.78 is 28.5. The molecule has 0 radical (unpaired) electrons. The van der Waals surface area contributed by atoms with Crippen molar-refractivity contribution in [1.82, 2.24) is 4.72 Å². The van der Waals surface area contributed by atoms with Gasteiger partial charge in [0.05, 0.1) is 4.90 Å². The van der Waals surface area contributed by atoms with Gasteiger partial charge in [0.2, 0.25) is 10.0 Å². The van der Waals surface area contributed by atoms with Gasteiger partial charge < -0.3 is 10.4 Å².